The highest BCUT2D eigenvalue weighted by molar-refractivity contribution is 6.31. The van der Waals surface area contributed by atoms with Crippen molar-refractivity contribution in [1.82, 2.24) is 4.98 Å². The van der Waals surface area contributed by atoms with E-state index >= 15 is 0 Å². The summed E-state index contributed by atoms with van der Waals surface area (Å²) in [5.41, 5.74) is 2.29. The number of H-pyrrole nitrogens is 1. The standard InChI is InChI=1S/C17H20ClNO/c1-16(2)15(17(16,3)4)14(20)7-10-9-19-13-8-11(18)5-6-12(10)13/h5-6,8-9,15,19H,7H2,1-4H3. The van der Waals surface area contributed by atoms with Crippen LogP contribution < -0.4 is 0 Å². The topological polar surface area (TPSA) is 32.9 Å². The van der Waals surface area contributed by atoms with Crippen molar-refractivity contribution in [1.29, 1.82) is 0 Å². The van der Waals surface area contributed by atoms with Gasteiger partial charge in [-0.25, -0.2) is 0 Å². The maximum Gasteiger partial charge on any atom is 0.141 e. The first kappa shape index (κ1) is 13.7. The summed E-state index contributed by atoms with van der Waals surface area (Å²) in [7, 11) is 0. The zero-order valence-corrected chi connectivity index (χ0v) is 13.1. The molecule has 0 spiro atoms. The van der Waals surface area contributed by atoms with Crippen LogP contribution in [0.15, 0.2) is 24.4 Å². The van der Waals surface area contributed by atoms with Gasteiger partial charge in [-0.1, -0.05) is 45.4 Å². The summed E-state index contributed by atoms with van der Waals surface area (Å²) in [5.74, 6) is 0.503. The van der Waals surface area contributed by atoms with Crippen LogP contribution in [-0.4, -0.2) is 10.8 Å². The van der Waals surface area contributed by atoms with E-state index in [0.717, 1.165) is 16.5 Å². The number of aromatic amines is 1. The average molecular weight is 290 g/mol. The van der Waals surface area contributed by atoms with Gasteiger partial charge in [0.05, 0.1) is 0 Å². The minimum atomic E-state index is 0.111. The predicted molar refractivity (Wildman–Crippen MR) is 83.1 cm³/mol. The highest BCUT2D eigenvalue weighted by Gasteiger charge is 2.67. The lowest BCUT2D eigenvalue weighted by atomic mass is 10.0. The molecule has 0 saturated heterocycles. The fraction of sp³-hybridized carbons (Fsp3) is 0.471. The van der Waals surface area contributed by atoms with Crippen LogP contribution in [0.4, 0.5) is 0 Å². The van der Waals surface area contributed by atoms with E-state index in [1.807, 2.05) is 24.4 Å². The fourth-order valence-corrected chi connectivity index (χ4v) is 3.77. The molecule has 2 aromatic rings. The van der Waals surface area contributed by atoms with E-state index in [1.165, 1.54) is 0 Å². The van der Waals surface area contributed by atoms with Crippen molar-refractivity contribution in [3.05, 3.63) is 35.0 Å². The van der Waals surface area contributed by atoms with Gasteiger partial charge in [-0.05, 0) is 28.5 Å². The normalized spacial score (nSPS) is 20.2. The molecular formula is C17H20ClNO. The highest BCUT2D eigenvalue weighted by Crippen LogP contribution is 2.68. The maximum atomic E-state index is 12.6. The van der Waals surface area contributed by atoms with Crippen LogP contribution >= 0.6 is 11.6 Å². The highest BCUT2D eigenvalue weighted by atomic mass is 35.5. The number of hydrogen-bond donors (Lipinski definition) is 1. The SMILES string of the molecule is CC1(C)C(C(=O)Cc2c[nH]c3cc(Cl)ccc23)C1(C)C. The second-order valence-corrected chi connectivity index (χ2v) is 7.46. The number of ketones is 1. The van der Waals surface area contributed by atoms with E-state index in [0.29, 0.717) is 17.2 Å². The van der Waals surface area contributed by atoms with E-state index in [9.17, 15) is 4.79 Å². The lowest BCUT2D eigenvalue weighted by Gasteiger charge is -2.03. The van der Waals surface area contributed by atoms with Crippen LogP contribution in [-0.2, 0) is 11.2 Å². The molecule has 1 saturated carbocycles. The van der Waals surface area contributed by atoms with E-state index in [2.05, 4.69) is 32.7 Å². The summed E-state index contributed by atoms with van der Waals surface area (Å²) in [6, 6.07) is 5.76. The number of carbonyl (C=O) groups is 1. The van der Waals surface area contributed by atoms with Gasteiger partial charge in [-0.15, -0.1) is 0 Å². The summed E-state index contributed by atoms with van der Waals surface area (Å²) in [4.78, 5) is 15.8. The molecule has 2 nitrogen and oxygen atoms in total. The van der Waals surface area contributed by atoms with Crippen LogP contribution in [0, 0.1) is 16.7 Å². The second-order valence-electron chi connectivity index (χ2n) is 7.02. The molecule has 0 bridgehead atoms. The molecule has 3 heteroatoms. The van der Waals surface area contributed by atoms with Crippen molar-refractivity contribution < 1.29 is 4.79 Å². The first-order valence-electron chi connectivity index (χ1n) is 7.03. The first-order valence-corrected chi connectivity index (χ1v) is 7.41. The molecule has 3 rings (SSSR count). The number of Topliss-reactive ketones (excluding diaryl/α,β-unsaturated/α-hetero) is 1. The van der Waals surface area contributed by atoms with Gasteiger partial charge in [0.25, 0.3) is 0 Å². The number of hydrogen-bond acceptors (Lipinski definition) is 1. The van der Waals surface area contributed by atoms with Crippen LogP contribution in [0.2, 0.25) is 5.02 Å². The summed E-state index contributed by atoms with van der Waals surface area (Å²) in [5, 5.41) is 1.81. The van der Waals surface area contributed by atoms with E-state index < -0.39 is 0 Å². The Morgan fingerprint density at radius 2 is 1.90 bits per heavy atom. The molecule has 1 aliphatic rings. The number of benzene rings is 1. The van der Waals surface area contributed by atoms with Gasteiger partial charge in [0.1, 0.15) is 5.78 Å². The molecule has 1 heterocycles. The van der Waals surface area contributed by atoms with E-state index in [4.69, 9.17) is 11.6 Å². The van der Waals surface area contributed by atoms with Crippen LogP contribution in [0.5, 0.6) is 0 Å². The van der Waals surface area contributed by atoms with E-state index in [1.54, 1.807) is 0 Å². The number of aromatic nitrogens is 1. The molecule has 1 aromatic carbocycles. The molecule has 1 N–H and O–H groups in total. The third-order valence-electron chi connectivity index (χ3n) is 5.44. The average Bonchev–Trinajstić information content (AvgIpc) is 2.64. The second kappa shape index (κ2) is 4.11. The number of nitrogens with one attached hydrogen (secondary N) is 1. The summed E-state index contributed by atoms with van der Waals surface area (Å²) in [6.45, 7) is 8.74. The molecule has 20 heavy (non-hydrogen) atoms. The van der Waals surface area contributed by atoms with Crippen molar-refractivity contribution in [2.24, 2.45) is 16.7 Å². The number of carbonyl (C=O) groups excluding carboxylic acids is 1. The molecule has 106 valence electrons. The Morgan fingerprint density at radius 3 is 2.50 bits per heavy atom. The molecule has 0 aliphatic heterocycles. The lowest BCUT2D eigenvalue weighted by Crippen LogP contribution is -2.10. The van der Waals surface area contributed by atoms with Gasteiger partial charge < -0.3 is 4.98 Å². The van der Waals surface area contributed by atoms with Crippen LogP contribution in [0.25, 0.3) is 10.9 Å². The van der Waals surface area contributed by atoms with Crippen LogP contribution in [0.3, 0.4) is 0 Å². The Kier molecular flexibility index (Phi) is 2.81. The summed E-state index contributed by atoms with van der Waals surface area (Å²) < 4.78 is 0. The molecule has 1 aromatic heterocycles. The molecular weight excluding hydrogens is 270 g/mol. The van der Waals surface area contributed by atoms with Crippen LogP contribution in [0.1, 0.15) is 33.3 Å². The summed E-state index contributed by atoms with van der Waals surface area (Å²) in [6.07, 6.45) is 2.43. The van der Waals surface area contributed by atoms with Gasteiger partial charge >= 0.3 is 0 Å². The Balaban J connectivity index is 1.86. The van der Waals surface area contributed by atoms with Crippen molar-refractivity contribution in [3.8, 4) is 0 Å². The smallest absolute Gasteiger partial charge is 0.141 e. The Labute approximate surface area is 124 Å². The molecule has 0 unspecified atom stereocenters. The Hall–Kier alpha value is -1.28. The maximum absolute atomic E-state index is 12.6. The number of rotatable bonds is 3. The first-order chi connectivity index (χ1) is 9.25. The molecule has 1 aliphatic carbocycles. The van der Waals surface area contributed by atoms with Gasteiger partial charge in [0.2, 0.25) is 0 Å². The molecule has 0 atom stereocenters. The molecule has 0 radical (unpaired) electrons. The minimum absolute atomic E-state index is 0.111. The summed E-state index contributed by atoms with van der Waals surface area (Å²) >= 11 is 5.98. The van der Waals surface area contributed by atoms with Gasteiger partial charge in [0.15, 0.2) is 0 Å². The van der Waals surface area contributed by atoms with Gasteiger partial charge in [-0.3, -0.25) is 4.79 Å². The van der Waals surface area contributed by atoms with Crippen molar-refractivity contribution in [2.75, 3.05) is 0 Å². The zero-order chi connectivity index (χ0) is 14.7. The van der Waals surface area contributed by atoms with Gasteiger partial charge in [-0.2, -0.15) is 0 Å². The lowest BCUT2D eigenvalue weighted by molar-refractivity contribution is -0.120. The number of fused-ring (bicyclic) bond motifs is 1. The van der Waals surface area contributed by atoms with E-state index in [-0.39, 0.29) is 16.7 Å². The monoisotopic (exact) mass is 289 g/mol. The third kappa shape index (κ3) is 1.81. The largest absolute Gasteiger partial charge is 0.361 e. The zero-order valence-electron chi connectivity index (χ0n) is 12.4. The Morgan fingerprint density at radius 1 is 1.25 bits per heavy atom. The third-order valence-corrected chi connectivity index (χ3v) is 5.67. The fourth-order valence-electron chi connectivity index (χ4n) is 3.60. The predicted octanol–water partition coefficient (Wildman–Crippen LogP) is 4.62. The van der Waals surface area contributed by atoms with Crippen molar-refractivity contribution in [2.45, 2.75) is 34.1 Å². The van der Waals surface area contributed by atoms with Crippen molar-refractivity contribution >= 4 is 28.3 Å². The molecule has 0 amide bonds. The van der Waals surface area contributed by atoms with Gasteiger partial charge in [0, 0.05) is 34.5 Å². The van der Waals surface area contributed by atoms with Crippen molar-refractivity contribution in [3.63, 3.8) is 0 Å². The number of halogens is 1. The molecule has 1 fully saturated rings. The Bertz CT molecular complexity index is 682. The minimum Gasteiger partial charge on any atom is -0.361 e. The quantitative estimate of drug-likeness (QED) is 0.879.